The topological polar surface area (TPSA) is 64.6 Å². The van der Waals surface area contributed by atoms with Crippen LogP contribution in [0.4, 0.5) is 5.69 Å². The van der Waals surface area contributed by atoms with E-state index in [9.17, 15) is 8.42 Å². The molecule has 1 N–H and O–H groups in total. The lowest BCUT2D eigenvalue weighted by Crippen LogP contribution is -2.15. The van der Waals surface area contributed by atoms with Gasteiger partial charge in [0, 0.05) is 0 Å². The van der Waals surface area contributed by atoms with Crippen LogP contribution in [0.2, 0.25) is 0 Å². The highest BCUT2D eigenvalue weighted by atomic mass is 79.9. The van der Waals surface area contributed by atoms with Crippen LogP contribution in [0.1, 0.15) is 13.8 Å². The molecule has 7 heteroatoms. The summed E-state index contributed by atoms with van der Waals surface area (Å²) in [5, 5.41) is 0. The zero-order chi connectivity index (χ0) is 17.0. The highest BCUT2D eigenvalue weighted by molar-refractivity contribution is 9.10. The van der Waals surface area contributed by atoms with Crippen molar-refractivity contribution < 1.29 is 17.9 Å². The van der Waals surface area contributed by atoms with Crippen molar-refractivity contribution in [3.63, 3.8) is 0 Å². The Hall–Kier alpha value is -1.73. The van der Waals surface area contributed by atoms with Gasteiger partial charge in [-0.3, -0.25) is 4.72 Å². The van der Waals surface area contributed by atoms with Gasteiger partial charge in [-0.05, 0) is 60.1 Å². The quantitative estimate of drug-likeness (QED) is 0.795. The maximum absolute atomic E-state index is 12.6. The average molecular weight is 400 g/mol. The number of hydrogen-bond donors (Lipinski definition) is 1. The summed E-state index contributed by atoms with van der Waals surface area (Å²) in [6, 6.07) is 11.5. The van der Waals surface area contributed by atoms with Gasteiger partial charge in [0.1, 0.15) is 11.5 Å². The van der Waals surface area contributed by atoms with Crippen LogP contribution in [0.25, 0.3) is 0 Å². The zero-order valence-electron chi connectivity index (χ0n) is 13.0. The number of para-hydroxylation sites is 2. The van der Waals surface area contributed by atoms with Gasteiger partial charge in [0.25, 0.3) is 10.0 Å². The number of hydrogen-bond acceptors (Lipinski definition) is 4. The molecule has 0 heterocycles. The van der Waals surface area contributed by atoms with Gasteiger partial charge in [-0.25, -0.2) is 8.42 Å². The Morgan fingerprint density at radius 2 is 1.78 bits per heavy atom. The van der Waals surface area contributed by atoms with Crippen LogP contribution in [0.3, 0.4) is 0 Å². The fourth-order valence-corrected chi connectivity index (χ4v) is 3.71. The minimum Gasteiger partial charge on any atom is -0.496 e. The first-order valence-corrected chi connectivity index (χ1v) is 9.23. The first-order valence-electron chi connectivity index (χ1n) is 6.95. The summed E-state index contributed by atoms with van der Waals surface area (Å²) in [7, 11) is -2.21. The normalized spacial score (nSPS) is 11.3. The summed E-state index contributed by atoms with van der Waals surface area (Å²) in [6.07, 6.45) is -0.0595. The molecule has 0 amide bonds. The van der Waals surface area contributed by atoms with Crippen molar-refractivity contribution in [2.75, 3.05) is 11.8 Å². The summed E-state index contributed by atoms with van der Waals surface area (Å²) in [4.78, 5) is 0.129. The van der Waals surface area contributed by atoms with Crippen molar-refractivity contribution in [3.8, 4) is 11.5 Å². The van der Waals surface area contributed by atoms with Gasteiger partial charge in [0.2, 0.25) is 0 Å². The molecule has 0 spiro atoms. The van der Waals surface area contributed by atoms with Crippen molar-refractivity contribution >= 4 is 31.6 Å². The molecule has 0 atom stereocenters. The first kappa shape index (κ1) is 17.6. The summed E-state index contributed by atoms with van der Waals surface area (Å²) in [5.74, 6) is 1.05. The molecule has 23 heavy (non-hydrogen) atoms. The molecular formula is C16H18BrNO4S. The SMILES string of the molecule is COc1ccc(S(=O)(=O)Nc2ccccc2OC(C)C)cc1Br. The van der Waals surface area contributed by atoms with E-state index in [1.54, 1.807) is 30.3 Å². The first-order chi connectivity index (χ1) is 10.8. The van der Waals surface area contributed by atoms with E-state index in [1.807, 2.05) is 13.8 Å². The van der Waals surface area contributed by atoms with Crippen LogP contribution in [-0.2, 0) is 10.0 Å². The Balaban J connectivity index is 2.34. The molecule has 0 saturated carbocycles. The molecule has 0 unspecified atom stereocenters. The second-order valence-electron chi connectivity index (χ2n) is 5.06. The van der Waals surface area contributed by atoms with Crippen LogP contribution in [0.5, 0.6) is 11.5 Å². The number of anilines is 1. The maximum Gasteiger partial charge on any atom is 0.262 e. The minimum atomic E-state index is -3.73. The van der Waals surface area contributed by atoms with Crippen LogP contribution < -0.4 is 14.2 Å². The van der Waals surface area contributed by atoms with Crippen molar-refractivity contribution in [3.05, 3.63) is 46.9 Å². The molecule has 0 aliphatic carbocycles. The number of nitrogens with one attached hydrogen (secondary N) is 1. The van der Waals surface area contributed by atoms with E-state index in [-0.39, 0.29) is 11.0 Å². The van der Waals surface area contributed by atoms with Crippen molar-refractivity contribution in [2.24, 2.45) is 0 Å². The molecule has 0 aliphatic rings. The lowest BCUT2D eigenvalue weighted by Gasteiger charge is -2.16. The van der Waals surface area contributed by atoms with E-state index < -0.39 is 10.0 Å². The molecule has 2 aromatic carbocycles. The number of benzene rings is 2. The van der Waals surface area contributed by atoms with E-state index in [0.717, 1.165) is 0 Å². The fourth-order valence-electron chi connectivity index (χ4n) is 1.93. The van der Waals surface area contributed by atoms with Crippen molar-refractivity contribution in [1.29, 1.82) is 0 Å². The third-order valence-electron chi connectivity index (χ3n) is 2.93. The Labute approximate surface area is 144 Å². The van der Waals surface area contributed by atoms with Gasteiger partial charge in [-0.2, -0.15) is 0 Å². The number of ether oxygens (including phenoxy) is 2. The predicted octanol–water partition coefficient (Wildman–Crippen LogP) is 4.05. The van der Waals surface area contributed by atoms with E-state index in [4.69, 9.17) is 9.47 Å². The van der Waals surface area contributed by atoms with E-state index in [2.05, 4.69) is 20.7 Å². The summed E-state index contributed by atoms with van der Waals surface area (Å²) >= 11 is 3.29. The van der Waals surface area contributed by atoms with E-state index in [0.29, 0.717) is 21.7 Å². The Morgan fingerprint density at radius 1 is 1.09 bits per heavy atom. The molecule has 0 radical (unpaired) electrons. The Morgan fingerprint density at radius 3 is 2.39 bits per heavy atom. The van der Waals surface area contributed by atoms with Gasteiger partial charge >= 0.3 is 0 Å². The monoisotopic (exact) mass is 399 g/mol. The molecule has 5 nitrogen and oxygen atoms in total. The van der Waals surface area contributed by atoms with Crippen molar-refractivity contribution in [2.45, 2.75) is 24.8 Å². The lowest BCUT2D eigenvalue weighted by molar-refractivity contribution is 0.244. The molecule has 0 aromatic heterocycles. The van der Waals surface area contributed by atoms with E-state index >= 15 is 0 Å². The summed E-state index contributed by atoms with van der Waals surface area (Å²) in [6.45, 7) is 3.76. The largest absolute Gasteiger partial charge is 0.496 e. The predicted molar refractivity (Wildman–Crippen MR) is 93.7 cm³/mol. The second kappa shape index (κ2) is 7.23. The minimum absolute atomic E-state index is 0.0595. The highest BCUT2D eigenvalue weighted by Gasteiger charge is 2.18. The molecular weight excluding hydrogens is 382 g/mol. The second-order valence-corrected chi connectivity index (χ2v) is 7.60. The van der Waals surface area contributed by atoms with Crippen LogP contribution in [0, 0.1) is 0 Å². The molecule has 0 bridgehead atoms. The maximum atomic E-state index is 12.6. The molecule has 0 aliphatic heterocycles. The van der Waals surface area contributed by atoms with Crippen LogP contribution >= 0.6 is 15.9 Å². The van der Waals surface area contributed by atoms with E-state index in [1.165, 1.54) is 19.2 Å². The lowest BCUT2D eigenvalue weighted by atomic mass is 10.3. The molecule has 0 saturated heterocycles. The number of rotatable bonds is 6. The summed E-state index contributed by atoms with van der Waals surface area (Å²) < 4.78 is 39.0. The Bertz CT molecular complexity index is 790. The van der Waals surface area contributed by atoms with Gasteiger partial charge in [0.05, 0.1) is 28.3 Å². The number of methoxy groups -OCH3 is 1. The summed E-state index contributed by atoms with van der Waals surface area (Å²) in [5.41, 5.74) is 0.396. The Kier molecular flexibility index (Phi) is 5.54. The zero-order valence-corrected chi connectivity index (χ0v) is 15.4. The third kappa shape index (κ3) is 4.39. The third-order valence-corrected chi connectivity index (χ3v) is 4.91. The van der Waals surface area contributed by atoms with Gasteiger partial charge in [-0.15, -0.1) is 0 Å². The molecule has 2 rings (SSSR count). The molecule has 124 valence electrons. The van der Waals surface area contributed by atoms with Gasteiger partial charge in [0.15, 0.2) is 0 Å². The average Bonchev–Trinajstić information content (AvgIpc) is 2.48. The molecule has 2 aromatic rings. The molecule has 0 fully saturated rings. The van der Waals surface area contributed by atoms with Gasteiger partial charge in [-0.1, -0.05) is 12.1 Å². The van der Waals surface area contributed by atoms with Crippen LogP contribution in [0.15, 0.2) is 51.8 Å². The van der Waals surface area contributed by atoms with Gasteiger partial charge < -0.3 is 9.47 Å². The smallest absolute Gasteiger partial charge is 0.262 e. The standard InChI is InChI=1S/C16H18BrNO4S/c1-11(2)22-16-7-5-4-6-14(16)18-23(19,20)12-8-9-15(21-3)13(17)10-12/h4-11,18H,1-3H3. The number of halogens is 1. The van der Waals surface area contributed by atoms with Crippen molar-refractivity contribution in [1.82, 2.24) is 0 Å². The number of sulfonamides is 1. The van der Waals surface area contributed by atoms with Crippen LogP contribution in [-0.4, -0.2) is 21.6 Å². The highest BCUT2D eigenvalue weighted by Crippen LogP contribution is 2.30. The fraction of sp³-hybridized carbons (Fsp3) is 0.250.